The minimum Gasteiger partial charge on any atom is -0.371 e. The van der Waals surface area contributed by atoms with Crippen molar-refractivity contribution >= 4 is 11.6 Å². The summed E-state index contributed by atoms with van der Waals surface area (Å²) >= 11 is 0. The van der Waals surface area contributed by atoms with Crippen LogP contribution in [-0.2, 0) is 0 Å². The number of nitrogens with zero attached hydrogens (tertiary/aromatic N) is 3. The van der Waals surface area contributed by atoms with Gasteiger partial charge in [-0.1, -0.05) is 0 Å². The van der Waals surface area contributed by atoms with E-state index in [1.54, 1.807) is 6.20 Å². The van der Waals surface area contributed by atoms with Crippen molar-refractivity contribution in [2.45, 2.75) is 38.5 Å². The summed E-state index contributed by atoms with van der Waals surface area (Å²) in [5, 5.41) is 0. The highest BCUT2D eigenvalue weighted by atomic mass is 16.2. The molecule has 4 heteroatoms. The summed E-state index contributed by atoms with van der Waals surface area (Å²) in [6.45, 7) is 3.96. The number of carbonyl (C=O) groups excluding carboxylic acids is 1. The van der Waals surface area contributed by atoms with Crippen molar-refractivity contribution in [3.05, 3.63) is 24.0 Å². The molecule has 1 amide bonds. The average Bonchev–Trinajstić information content (AvgIpc) is 2.56. The van der Waals surface area contributed by atoms with E-state index in [4.69, 9.17) is 0 Å². The van der Waals surface area contributed by atoms with E-state index < -0.39 is 0 Å². The van der Waals surface area contributed by atoms with E-state index in [2.05, 4.69) is 9.88 Å². The van der Waals surface area contributed by atoms with Gasteiger partial charge in [-0.3, -0.25) is 9.78 Å². The molecular weight excluding hydrogens is 250 g/mol. The minimum atomic E-state index is 0.101. The maximum Gasteiger partial charge on any atom is 0.272 e. The molecular formula is C16H23N3O. The predicted molar refractivity (Wildman–Crippen MR) is 80.1 cm³/mol. The minimum absolute atomic E-state index is 0.101. The quantitative estimate of drug-likeness (QED) is 0.831. The Morgan fingerprint density at radius 2 is 1.60 bits per heavy atom. The second-order valence-corrected chi connectivity index (χ2v) is 5.80. The van der Waals surface area contributed by atoms with Crippen LogP contribution in [0.15, 0.2) is 18.3 Å². The Hall–Kier alpha value is -1.58. The van der Waals surface area contributed by atoms with Crippen molar-refractivity contribution in [1.82, 2.24) is 9.88 Å². The summed E-state index contributed by atoms with van der Waals surface area (Å²) in [6.07, 6.45) is 9.08. The zero-order chi connectivity index (χ0) is 13.8. The highest BCUT2D eigenvalue weighted by molar-refractivity contribution is 5.93. The molecule has 0 bridgehead atoms. The van der Waals surface area contributed by atoms with Gasteiger partial charge in [0, 0.05) is 38.1 Å². The molecule has 0 aliphatic carbocycles. The fraction of sp³-hybridized carbons (Fsp3) is 0.625. The molecule has 108 valence electrons. The Labute approximate surface area is 120 Å². The number of likely N-dealkylation sites (tertiary alicyclic amines) is 1. The monoisotopic (exact) mass is 273 g/mol. The molecule has 3 heterocycles. The lowest BCUT2D eigenvalue weighted by molar-refractivity contribution is 0.0718. The highest BCUT2D eigenvalue weighted by Crippen LogP contribution is 2.21. The third-order valence-corrected chi connectivity index (χ3v) is 4.33. The summed E-state index contributed by atoms with van der Waals surface area (Å²) in [5.74, 6) is 0.101. The molecule has 2 aliphatic heterocycles. The van der Waals surface area contributed by atoms with Crippen molar-refractivity contribution in [2.24, 2.45) is 0 Å². The van der Waals surface area contributed by atoms with Gasteiger partial charge in [-0.05, 0) is 50.7 Å². The third kappa shape index (κ3) is 2.94. The summed E-state index contributed by atoms with van der Waals surface area (Å²) in [4.78, 5) is 21.1. The smallest absolute Gasteiger partial charge is 0.272 e. The molecule has 0 spiro atoms. The molecule has 0 saturated carbocycles. The largest absolute Gasteiger partial charge is 0.371 e. The van der Waals surface area contributed by atoms with Crippen LogP contribution >= 0.6 is 0 Å². The van der Waals surface area contributed by atoms with E-state index in [0.29, 0.717) is 5.69 Å². The number of aromatic nitrogens is 1. The Morgan fingerprint density at radius 3 is 2.30 bits per heavy atom. The summed E-state index contributed by atoms with van der Waals surface area (Å²) < 4.78 is 0. The number of piperidine rings is 2. The lowest BCUT2D eigenvalue weighted by Gasteiger charge is -2.30. The van der Waals surface area contributed by atoms with Crippen LogP contribution in [0.1, 0.15) is 49.0 Å². The Morgan fingerprint density at radius 1 is 0.950 bits per heavy atom. The van der Waals surface area contributed by atoms with Crippen LogP contribution in [0.3, 0.4) is 0 Å². The van der Waals surface area contributed by atoms with E-state index in [-0.39, 0.29) is 5.91 Å². The second kappa shape index (κ2) is 6.25. The molecule has 1 aromatic rings. The van der Waals surface area contributed by atoms with Crippen LogP contribution in [0.5, 0.6) is 0 Å². The topological polar surface area (TPSA) is 36.4 Å². The van der Waals surface area contributed by atoms with Gasteiger partial charge in [0.05, 0.1) is 0 Å². The maximum atomic E-state index is 12.5. The second-order valence-electron chi connectivity index (χ2n) is 5.80. The van der Waals surface area contributed by atoms with Crippen molar-refractivity contribution < 1.29 is 4.79 Å². The third-order valence-electron chi connectivity index (χ3n) is 4.33. The van der Waals surface area contributed by atoms with Gasteiger partial charge in [0.2, 0.25) is 0 Å². The number of amides is 1. The molecule has 0 radical (unpaired) electrons. The van der Waals surface area contributed by atoms with Gasteiger partial charge in [-0.2, -0.15) is 0 Å². The number of rotatable bonds is 2. The van der Waals surface area contributed by atoms with Crippen LogP contribution in [0, 0.1) is 0 Å². The lowest BCUT2D eigenvalue weighted by atomic mass is 10.1. The standard InChI is InChI=1S/C16H23N3O/c20-16(19-11-5-2-6-12-19)15-13-14(7-8-17-15)18-9-3-1-4-10-18/h7-8,13H,1-6,9-12H2. The van der Waals surface area contributed by atoms with E-state index >= 15 is 0 Å². The molecule has 4 nitrogen and oxygen atoms in total. The molecule has 2 fully saturated rings. The lowest BCUT2D eigenvalue weighted by Crippen LogP contribution is -2.36. The fourth-order valence-corrected chi connectivity index (χ4v) is 3.14. The first-order valence-corrected chi connectivity index (χ1v) is 7.85. The Balaban J connectivity index is 1.74. The SMILES string of the molecule is O=C(c1cc(N2CCCCC2)ccn1)N1CCCCC1. The maximum absolute atomic E-state index is 12.5. The molecule has 0 aromatic carbocycles. The molecule has 2 aliphatic rings. The molecule has 0 N–H and O–H groups in total. The molecule has 3 rings (SSSR count). The van der Waals surface area contributed by atoms with Crippen LogP contribution in [0.25, 0.3) is 0 Å². The van der Waals surface area contributed by atoms with Crippen molar-refractivity contribution in [3.63, 3.8) is 0 Å². The number of anilines is 1. The first-order valence-electron chi connectivity index (χ1n) is 7.85. The van der Waals surface area contributed by atoms with Crippen LogP contribution in [-0.4, -0.2) is 42.0 Å². The number of hydrogen-bond donors (Lipinski definition) is 0. The van der Waals surface area contributed by atoms with Gasteiger partial charge in [-0.25, -0.2) is 0 Å². The first kappa shape index (κ1) is 13.4. The Kier molecular flexibility index (Phi) is 4.19. The molecule has 1 aromatic heterocycles. The predicted octanol–water partition coefficient (Wildman–Crippen LogP) is 2.70. The van der Waals surface area contributed by atoms with E-state index in [0.717, 1.165) is 44.7 Å². The van der Waals surface area contributed by atoms with Gasteiger partial charge in [0.15, 0.2) is 0 Å². The summed E-state index contributed by atoms with van der Waals surface area (Å²) in [7, 11) is 0. The number of pyridine rings is 1. The molecule has 0 unspecified atom stereocenters. The first-order chi connectivity index (χ1) is 9.84. The normalized spacial score (nSPS) is 20.0. The van der Waals surface area contributed by atoms with E-state index in [1.165, 1.54) is 25.7 Å². The van der Waals surface area contributed by atoms with Crippen molar-refractivity contribution in [1.29, 1.82) is 0 Å². The number of carbonyl (C=O) groups is 1. The molecule has 2 saturated heterocycles. The summed E-state index contributed by atoms with van der Waals surface area (Å²) in [5.41, 5.74) is 1.76. The van der Waals surface area contributed by atoms with Gasteiger partial charge < -0.3 is 9.80 Å². The zero-order valence-corrected chi connectivity index (χ0v) is 12.1. The summed E-state index contributed by atoms with van der Waals surface area (Å²) in [6, 6.07) is 4.00. The average molecular weight is 273 g/mol. The fourth-order valence-electron chi connectivity index (χ4n) is 3.14. The van der Waals surface area contributed by atoms with Gasteiger partial charge in [0.1, 0.15) is 5.69 Å². The van der Waals surface area contributed by atoms with Crippen LogP contribution in [0.2, 0.25) is 0 Å². The van der Waals surface area contributed by atoms with E-state index in [1.807, 2.05) is 17.0 Å². The van der Waals surface area contributed by atoms with Gasteiger partial charge in [0.25, 0.3) is 5.91 Å². The molecule has 20 heavy (non-hydrogen) atoms. The zero-order valence-electron chi connectivity index (χ0n) is 12.1. The van der Waals surface area contributed by atoms with Gasteiger partial charge in [-0.15, -0.1) is 0 Å². The van der Waals surface area contributed by atoms with Crippen LogP contribution < -0.4 is 4.90 Å². The van der Waals surface area contributed by atoms with Gasteiger partial charge >= 0.3 is 0 Å². The molecule has 0 atom stereocenters. The van der Waals surface area contributed by atoms with E-state index in [9.17, 15) is 4.79 Å². The van der Waals surface area contributed by atoms with Crippen molar-refractivity contribution in [2.75, 3.05) is 31.1 Å². The van der Waals surface area contributed by atoms with Crippen molar-refractivity contribution in [3.8, 4) is 0 Å². The highest BCUT2D eigenvalue weighted by Gasteiger charge is 2.20. The number of hydrogen-bond acceptors (Lipinski definition) is 3. The van der Waals surface area contributed by atoms with Crippen LogP contribution in [0.4, 0.5) is 5.69 Å². The Bertz CT molecular complexity index is 463.